The molecule has 3 rings (SSSR count). The second-order valence-corrected chi connectivity index (χ2v) is 3.76. The molecule has 3 heterocycles. The average molecular weight is 213 g/mol. The lowest BCUT2D eigenvalue weighted by molar-refractivity contribution is 0.547. The Balaban J connectivity index is 2.18. The van der Waals surface area contributed by atoms with Gasteiger partial charge in [0.15, 0.2) is 5.76 Å². The fraction of sp³-hybridized carbons (Fsp3) is 0.0833. The van der Waals surface area contributed by atoms with Crippen molar-refractivity contribution in [2.45, 2.75) is 6.92 Å². The third kappa shape index (κ3) is 1.35. The van der Waals surface area contributed by atoms with Crippen molar-refractivity contribution < 1.29 is 4.42 Å². The van der Waals surface area contributed by atoms with Gasteiger partial charge in [0, 0.05) is 24.1 Å². The summed E-state index contributed by atoms with van der Waals surface area (Å²) >= 11 is 0. The van der Waals surface area contributed by atoms with Crippen LogP contribution in [-0.4, -0.2) is 9.38 Å². The lowest BCUT2D eigenvalue weighted by Crippen LogP contribution is -1.87. The molecule has 0 aliphatic carbocycles. The molecule has 3 aromatic heterocycles. The summed E-state index contributed by atoms with van der Waals surface area (Å²) in [6, 6.07) is 7.51. The minimum Gasteiger partial charge on any atom is -0.460 e. The highest BCUT2D eigenvalue weighted by atomic mass is 16.3. The number of imidazole rings is 1. The summed E-state index contributed by atoms with van der Waals surface area (Å²) in [5, 5.41) is 0. The molecule has 0 bridgehead atoms. The van der Waals surface area contributed by atoms with Crippen molar-refractivity contribution >= 4 is 11.3 Å². The molecule has 80 valence electrons. The summed E-state index contributed by atoms with van der Waals surface area (Å²) in [7, 11) is 0. The summed E-state index contributed by atoms with van der Waals surface area (Å²) in [5.74, 6) is 1.66. The van der Waals surface area contributed by atoms with E-state index in [2.05, 4.69) is 4.98 Å². The van der Waals surface area contributed by atoms with E-state index in [-0.39, 0.29) is 0 Å². The number of nitrogens with two attached hydrogens (primary N) is 1. The standard InChI is InChI=1S/C12H11N3O/c1-8-2-3-11(16-8)10-7-15-5-4-9(13)6-12(15)14-10/h2-7H,13H2,1H3. The molecule has 16 heavy (non-hydrogen) atoms. The Morgan fingerprint density at radius 2 is 2.19 bits per heavy atom. The second kappa shape index (κ2) is 3.13. The summed E-state index contributed by atoms with van der Waals surface area (Å²) in [6.45, 7) is 1.91. The molecule has 0 saturated carbocycles. The van der Waals surface area contributed by atoms with Gasteiger partial charge in [0.1, 0.15) is 17.1 Å². The van der Waals surface area contributed by atoms with Crippen LogP contribution in [0.2, 0.25) is 0 Å². The van der Waals surface area contributed by atoms with Crippen LogP contribution in [0.5, 0.6) is 0 Å². The van der Waals surface area contributed by atoms with Crippen LogP contribution in [0.25, 0.3) is 17.1 Å². The van der Waals surface area contributed by atoms with Gasteiger partial charge < -0.3 is 14.6 Å². The van der Waals surface area contributed by atoms with Gasteiger partial charge >= 0.3 is 0 Å². The molecule has 0 aliphatic rings. The molecule has 0 spiro atoms. The van der Waals surface area contributed by atoms with E-state index in [0.717, 1.165) is 22.9 Å². The van der Waals surface area contributed by atoms with Crippen LogP contribution in [0.4, 0.5) is 5.69 Å². The molecule has 0 unspecified atom stereocenters. The predicted octanol–water partition coefficient (Wildman–Crippen LogP) is 2.48. The van der Waals surface area contributed by atoms with Gasteiger partial charge in [-0.3, -0.25) is 0 Å². The van der Waals surface area contributed by atoms with Gasteiger partial charge in [-0.25, -0.2) is 4.98 Å². The Morgan fingerprint density at radius 1 is 1.31 bits per heavy atom. The summed E-state index contributed by atoms with van der Waals surface area (Å²) in [4.78, 5) is 4.45. The quantitative estimate of drug-likeness (QED) is 0.675. The molecule has 4 heteroatoms. The fourth-order valence-electron chi connectivity index (χ4n) is 1.69. The Morgan fingerprint density at radius 3 is 2.94 bits per heavy atom. The number of hydrogen-bond acceptors (Lipinski definition) is 3. The number of fused-ring (bicyclic) bond motifs is 1. The van der Waals surface area contributed by atoms with Gasteiger partial charge in [0.25, 0.3) is 0 Å². The van der Waals surface area contributed by atoms with E-state index in [9.17, 15) is 0 Å². The van der Waals surface area contributed by atoms with Gasteiger partial charge in [-0.1, -0.05) is 0 Å². The minimum atomic E-state index is 0.709. The lowest BCUT2D eigenvalue weighted by Gasteiger charge is -1.92. The topological polar surface area (TPSA) is 56.5 Å². The molecular weight excluding hydrogens is 202 g/mol. The summed E-state index contributed by atoms with van der Waals surface area (Å²) in [6.07, 6.45) is 3.81. The van der Waals surface area contributed by atoms with Crippen LogP contribution in [0, 0.1) is 6.92 Å². The number of pyridine rings is 1. The van der Waals surface area contributed by atoms with Crippen molar-refractivity contribution in [3.05, 3.63) is 42.4 Å². The zero-order valence-corrected chi connectivity index (χ0v) is 8.84. The SMILES string of the molecule is Cc1ccc(-c2cn3ccc(N)cc3n2)o1. The lowest BCUT2D eigenvalue weighted by atomic mass is 10.3. The number of nitrogens with zero attached hydrogens (tertiary/aromatic N) is 2. The van der Waals surface area contributed by atoms with Crippen LogP contribution in [-0.2, 0) is 0 Å². The van der Waals surface area contributed by atoms with Crippen molar-refractivity contribution in [2.24, 2.45) is 0 Å². The zero-order chi connectivity index (χ0) is 11.1. The second-order valence-electron chi connectivity index (χ2n) is 3.76. The van der Waals surface area contributed by atoms with E-state index in [1.54, 1.807) is 0 Å². The van der Waals surface area contributed by atoms with Crippen molar-refractivity contribution in [2.75, 3.05) is 5.73 Å². The van der Waals surface area contributed by atoms with Crippen molar-refractivity contribution in [3.63, 3.8) is 0 Å². The van der Waals surface area contributed by atoms with E-state index < -0.39 is 0 Å². The van der Waals surface area contributed by atoms with Crippen LogP contribution < -0.4 is 5.73 Å². The number of nitrogen functional groups attached to an aromatic ring is 1. The molecule has 0 amide bonds. The first-order valence-corrected chi connectivity index (χ1v) is 5.03. The monoisotopic (exact) mass is 213 g/mol. The van der Waals surface area contributed by atoms with Gasteiger partial charge in [-0.05, 0) is 25.1 Å². The molecule has 4 nitrogen and oxygen atoms in total. The molecule has 0 aromatic carbocycles. The summed E-state index contributed by atoms with van der Waals surface area (Å²) < 4.78 is 7.44. The summed E-state index contributed by atoms with van der Waals surface area (Å²) in [5.41, 5.74) is 8.05. The largest absolute Gasteiger partial charge is 0.460 e. The van der Waals surface area contributed by atoms with Crippen molar-refractivity contribution in [3.8, 4) is 11.5 Å². The first-order chi connectivity index (χ1) is 7.72. The smallest absolute Gasteiger partial charge is 0.154 e. The van der Waals surface area contributed by atoms with E-state index in [0.29, 0.717) is 5.69 Å². The van der Waals surface area contributed by atoms with Crippen LogP contribution in [0.15, 0.2) is 41.1 Å². The highest BCUT2D eigenvalue weighted by Crippen LogP contribution is 2.22. The van der Waals surface area contributed by atoms with Crippen LogP contribution >= 0.6 is 0 Å². The number of aryl methyl sites for hydroxylation is 1. The maximum atomic E-state index is 5.70. The molecule has 0 fully saturated rings. The average Bonchev–Trinajstić information content (AvgIpc) is 2.83. The Hall–Kier alpha value is -2.23. The third-order valence-electron chi connectivity index (χ3n) is 2.48. The molecule has 0 saturated heterocycles. The maximum Gasteiger partial charge on any atom is 0.154 e. The van der Waals surface area contributed by atoms with Gasteiger partial charge in [0.2, 0.25) is 0 Å². The highest BCUT2D eigenvalue weighted by Gasteiger charge is 2.07. The third-order valence-corrected chi connectivity index (χ3v) is 2.48. The number of aromatic nitrogens is 2. The Bertz CT molecular complexity index is 651. The van der Waals surface area contributed by atoms with Gasteiger partial charge in [0.05, 0.1) is 0 Å². The fourth-order valence-corrected chi connectivity index (χ4v) is 1.69. The van der Waals surface area contributed by atoms with E-state index >= 15 is 0 Å². The Labute approximate surface area is 92.3 Å². The number of hydrogen-bond donors (Lipinski definition) is 1. The van der Waals surface area contributed by atoms with E-state index in [4.69, 9.17) is 10.2 Å². The van der Waals surface area contributed by atoms with E-state index in [1.807, 2.05) is 48.0 Å². The van der Waals surface area contributed by atoms with Crippen molar-refractivity contribution in [1.82, 2.24) is 9.38 Å². The normalized spacial score (nSPS) is 11.1. The molecule has 0 atom stereocenters. The van der Waals surface area contributed by atoms with E-state index in [1.165, 1.54) is 0 Å². The number of rotatable bonds is 1. The molecule has 0 aliphatic heterocycles. The van der Waals surface area contributed by atoms with Gasteiger partial charge in [-0.2, -0.15) is 0 Å². The first-order valence-electron chi connectivity index (χ1n) is 5.03. The first kappa shape index (κ1) is 9.03. The van der Waals surface area contributed by atoms with Crippen LogP contribution in [0.3, 0.4) is 0 Å². The highest BCUT2D eigenvalue weighted by molar-refractivity contribution is 5.60. The number of anilines is 1. The predicted molar refractivity (Wildman–Crippen MR) is 62.0 cm³/mol. The zero-order valence-electron chi connectivity index (χ0n) is 8.84. The Kier molecular flexibility index (Phi) is 1.77. The molecule has 3 aromatic rings. The van der Waals surface area contributed by atoms with Crippen molar-refractivity contribution in [1.29, 1.82) is 0 Å². The minimum absolute atomic E-state index is 0.709. The molecule has 2 N–H and O–H groups in total. The van der Waals surface area contributed by atoms with Crippen LogP contribution in [0.1, 0.15) is 5.76 Å². The maximum absolute atomic E-state index is 5.70. The molecular formula is C12H11N3O. The number of furan rings is 1. The molecule has 0 radical (unpaired) electrons. The van der Waals surface area contributed by atoms with Gasteiger partial charge in [-0.15, -0.1) is 0 Å².